The topological polar surface area (TPSA) is 64.6 Å². The molecule has 1 heterocycles. The Morgan fingerprint density at radius 2 is 2.14 bits per heavy atom. The Bertz CT molecular complexity index is 625. The molecule has 1 amide bonds. The van der Waals surface area contributed by atoms with Crippen molar-refractivity contribution in [2.24, 2.45) is 0 Å². The van der Waals surface area contributed by atoms with Crippen LogP contribution in [0.15, 0.2) is 35.7 Å². The van der Waals surface area contributed by atoms with Crippen molar-refractivity contribution in [1.29, 1.82) is 0 Å². The molecule has 0 unspecified atom stereocenters. The number of rotatable bonds is 8. The Balaban J connectivity index is 1.89. The average Bonchev–Trinajstić information content (AvgIpc) is 3.05. The quantitative estimate of drug-likeness (QED) is 0.760. The molecule has 0 aliphatic rings. The number of thiophene rings is 1. The summed E-state index contributed by atoms with van der Waals surface area (Å²) in [6.07, 6.45) is 0.736. The van der Waals surface area contributed by atoms with Crippen molar-refractivity contribution < 1.29 is 19.1 Å². The highest BCUT2D eigenvalue weighted by atomic mass is 32.1. The van der Waals surface area contributed by atoms with E-state index in [2.05, 4.69) is 5.32 Å². The van der Waals surface area contributed by atoms with Gasteiger partial charge in [-0.3, -0.25) is 9.59 Å². The Morgan fingerprint density at radius 1 is 1.27 bits per heavy atom. The van der Waals surface area contributed by atoms with Gasteiger partial charge in [0.05, 0.1) is 13.2 Å². The van der Waals surface area contributed by atoms with Crippen molar-refractivity contribution in [3.63, 3.8) is 0 Å². The zero-order valence-electron chi connectivity index (χ0n) is 12.2. The average molecular weight is 319 g/mol. The van der Waals surface area contributed by atoms with Crippen molar-refractivity contribution in [1.82, 2.24) is 5.32 Å². The van der Waals surface area contributed by atoms with Crippen LogP contribution in [-0.2, 0) is 11.3 Å². The zero-order chi connectivity index (χ0) is 15.8. The van der Waals surface area contributed by atoms with Gasteiger partial charge in [-0.15, -0.1) is 11.3 Å². The summed E-state index contributed by atoms with van der Waals surface area (Å²) in [5.74, 6) is 0.687. The van der Waals surface area contributed by atoms with Gasteiger partial charge in [-0.05, 0) is 36.6 Å². The van der Waals surface area contributed by atoms with Gasteiger partial charge in [0.2, 0.25) is 0 Å². The Labute approximate surface area is 132 Å². The van der Waals surface area contributed by atoms with E-state index in [-0.39, 0.29) is 12.5 Å². The van der Waals surface area contributed by atoms with Gasteiger partial charge in [0.25, 0.3) is 5.91 Å². The SMILES string of the molecule is CCOc1cc(C=O)ccc1OCC(=O)NCc1cccs1. The second-order valence-electron chi connectivity index (χ2n) is 4.40. The molecule has 116 valence electrons. The number of hydrogen-bond acceptors (Lipinski definition) is 5. The predicted octanol–water partition coefficient (Wildman–Crippen LogP) is 2.65. The summed E-state index contributed by atoms with van der Waals surface area (Å²) >= 11 is 1.58. The van der Waals surface area contributed by atoms with Crippen LogP contribution in [0.1, 0.15) is 22.2 Å². The fourth-order valence-electron chi connectivity index (χ4n) is 1.78. The highest BCUT2D eigenvalue weighted by Crippen LogP contribution is 2.27. The molecule has 0 radical (unpaired) electrons. The number of carbonyl (C=O) groups excluding carboxylic acids is 2. The maximum Gasteiger partial charge on any atom is 0.258 e. The highest BCUT2D eigenvalue weighted by Gasteiger charge is 2.09. The smallest absolute Gasteiger partial charge is 0.258 e. The first kappa shape index (κ1) is 16.0. The minimum absolute atomic E-state index is 0.105. The first-order chi connectivity index (χ1) is 10.7. The van der Waals surface area contributed by atoms with Crippen LogP contribution in [0.2, 0.25) is 0 Å². The van der Waals surface area contributed by atoms with Crippen LogP contribution in [0, 0.1) is 0 Å². The molecule has 0 spiro atoms. The molecule has 0 aliphatic heterocycles. The van der Waals surface area contributed by atoms with E-state index in [0.29, 0.717) is 30.2 Å². The summed E-state index contributed by atoms with van der Waals surface area (Å²) in [6, 6.07) is 8.73. The fourth-order valence-corrected chi connectivity index (χ4v) is 2.42. The zero-order valence-corrected chi connectivity index (χ0v) is 13.0. The van der Waals surface area contributed by atoms with Crippen LogP contribution in [0.5, 0.6) is 11.5 Å². The van der Waals surface area contributed by atoms with Crippen molar-refractivity contribution >= 4 is 23.5 Å². The molecule has 0 saturated heterocycles. The summed E-state index contributed by atoms with van der Waals surface area (Å²) in [4.78, 5) is 23.6. The lowest BCUT2D eigenvalue weighted by atomic mass is 10.2. The summed E-state index contributed by atoms with van der Waals surface area (Å²) in [7, 11) is 0. The summed E-state index contributed by atoms with van der Waals surface area (Å²) < 4.78 is 10.9. The number of carbonyl (C=O) groups is 2. The predicted molar refractivity (Wildman–Crippen MR) is 84.7 cm³/mol. The molecule has 0 saturated carbocycles. The molecular weight excluding hydrogens is 302 g/mol. The molecule has 1 aromatic carbocycles. The summed E-state index contributed by atoms with van der Waals surface area (Å²) in [5.41, 5.74) is 0.498. The van der Waals surface area contributed by atoms with Crippen molar-refractivity contribution in [2.75, 3.05) is 13.2 Å². The lowest BCUT2D eigenvalue weighted by molar-refractivity contribution is -0.123. The maximum atomic E-state index is 11.8. The third-order valence-corrected chi connectivity index (χ3v) is 3.68. The van der Waals surface area contributed by atoms with E-state index < -0.39 is 0 Å². The molecule has 1 N–H and O–H groups in total. The normalized spacial score (nSPS) is 10.0. The number of amides is 1. The monoisotopic (exact) mass is 319 g/mol. The van der Waals surface area contributed by atoms with Gasteiger partial charge < -0.3 is 14.8 Å². The van der Waals surface area contributed by atoms with Gasteiger partial charge in [0.15, 0.2) is 18.1 Å². The van der Waals surface area contributed by atoms with Gasteiger partial charge in [-0.2, -0.15) is 0 Å². The van der Waals surface area contributed by atoms with Crippen LogP contribution < -0.4 is 14.8 Å². The van der Waals surface area contributed by atoms with Crippen molar-refractivity contribution in [3.8, 4) is 11.5 Å². The molecule has 0 atom stereocenters. The molecule has 0 aliphatic carbocycles. The largest absolute Gasteiger partial charge is 0.490 e. The van der Waals surface area contributed by atoms with E-state index >= 15 is 0 Å². The minimum atomic E-state index is -0.213. The number of aldehydes is 1. The minimum Gasteiger partial charge on any atom is -0.490 e. The third-order valence-electron chi connectivity index (χ3n) is 2.80. The second-order valence-corrected chi connectivity index (χ2v) is 5.43. The molecule has 5 nitrogen and oxygen atoms in total. The molecule has 6 heteroatoms. The number of ether oxygens (including phenoxy) is 2. The molecule has 1 aromatic heterocycles. The molecular formula is C16H17NO4S. The van der Waals surface area contributed by atoms with E-state index in [1.165, 1.54) is 0 Å². The van der Waals surface area contributed by atoms with Gasteiger partial charge in [-0.25, -0.2) is 0 Å². The van der Waals surface area contributed by atoms with Gasteiger partial charge in [0, 0.05) is 10.4 Å². The van der Waals surface area contributed by atoms with Crippen LogP contribution in [0.4, 0.5) is 0 Å². The van der Waals surface area contributed by atoms with Gasteiger partial charge >= 0.3 is 0 Å². The van der Waals surface area contributed by atoms with Crippen molar-refractivity contribution in [3.05, 3.63) is 46.2 Å². The van der Waals surface area contributed by atoms with Crippen molar-refractivity contribution in [2.45, 2.75) is 13.5 Å². The Hall–Kier alpha value is -2.34. The first-order valence-electron chi connectivity index (χ1n) is 6.87. The third kappa shape index (κ3) is 4.60. The fraction of sp³-hybridized carbons (Fsp3) is 0.250. The number of benzene rings is 1. The maximum absolute atomic E-state index is 11.8. The van der Waals surface area contributed by atoms with E-state index in [1.807, 2.05) is 24.4 Å². The van der Waals surface area contributed by atoms with Gasteiger partial charge in [0.1, 0.15) is 6.29 Å². The first-order valence-corrected chi connectivity index (χ1v) is 7.74. The number of nitrogens with one attached hydrogen (secondary N) is 1. The molecule has 2 aromatic rings. The standard InChI is InChI=1S/C16H17NO4S/c1-2-20-15-8-12(10-18)5-6-14(15)21-11-16(19)17-9-13-4-3-7-22-13/h3-8,10H,2,9,11H2,1H3,(H,17,19). The Morgan fingerprint density at radius 3 is 2.82 bits per heavy atom. The van der Waals surface area contributed by atoms with E-state index in [1.54, 1.807) is 29.5 Å². The summed E-state index contributed by atoms with van der Waals surface area (Å²) in [6.45, 7) is 2.67. The molecule has 2 rings (SSSR count). The lowest BCUT2D eigenvalue weighted by Gasteiger charge is -2.12. The summed E-state index contributed by atoms with van der Waals surface area (Å²) in [5, 5.41) is 4.74. The lowest BCUT2D eigenvalue weighted by Crippen LogP contribution is -2.28. The Kier molecular flexibility index (Phi) is 5.97. The molecule has 0 fully saturated rings. The van der Waals surface area contributed by atoms with Crippen LogP contribution in [-0.4, -0.2) is 25.4 Å². The van der Waals surface area contributed by atoms with Gasteiger partial charge in [-0.1, -0.05) is 6.07 Å². The molecule has 22 heavy (non-hydrogen) atoms. The van der Waals surface area contributed by atoms with Crippen LogP contribution >= 0.6 is 11.3 Å². The van der Waals surface area contributed by atoms with E-state index in [0.717, 1.165) is 11.2 Å². The van der Waals surface area contributed by atoms with Crippen LogP contribution in [0.3, 0.4) is 0 Å². The van der Waals surface area contributed by atoms with Crippen LogP contribution in [0.25, 0.3) is 0 Å². The number of hydrogen-bond donors (Lipinski definition) is 1. The second kappa shape index (κ2) is 8.19. The van der Waals surface area contributed by atoms with E-state index in [9.17, 15) is 9.59 Å². The highest BCUT2D eigenvalue weighted by molar-refractivity contribution is 7.09. The molecule has 0 bridgehead atoms. The van der Waals surface area contributed by atoms with E-state index in [4.69, 9.17) is 9.47 Å².